The summed E-state index contributed by atoms with van der Waals surface area (Å²) >= 11 is 1.88. The minimum atomic E-state index is 1.10. The molecule has 0 saturated carbocycles. The van der Waals surface area contributed by atoms with Crippen molar-refractivity contribution < 1.29 is 0 Å². The molecule has 0 spiro atoms. The molecule has 12 rings (SSSR count). The molecular formula is C60H40N2S. The molecular weight excluding hydrogens is 781 g/mol. The van der Waals surface area contributed by atoms with Crippen LogP contribution < -0.4 is 4.90 Å². The fourth-order valence-electron chi connectivity index (χ4n) is 9.40. The second kappa shape index (κ2) is 15.5. The van der Waals surface area contributed by atoms with Gasteiger partial charge in [0.2, 0.25) is 0 Å². The van der Waals surface area contributed by atoms with E-state index in [2.05, 4.69) is 252 Å². The molecule has 12 aromatic rings. The fourth-order valence-corrected chi connectivity index (χ4v) is 10.6. The van der Waals surface area contributed by atoms with E-state index in [0.29, 0.717) is 0 Å². The zero-order valence-corrected chi connectivity index (χ0v) is 35.2. The van der Waals surface area contributed by atoms with Gasteiger partial charge in [-0.05, 0) is 111 Å². The predicted octanol–water partition coefficient (Wildman–Crippen LogP) is 17.3. The van der Waals surface area contributed by atoms with Gasteiger partial charge in [0.25, 0.3) is 0 Å². The predicted molar refractivity (Wildman–Crippen MR) is 270 cm³/mol. The van der Waals surface area contributed by atoms with E-state index in [1.165, 1.54) is 92.2 Å². The summed E-state index contributed by atoms with van der Waals surface area (Å²) in [5.41, 5.74) is 16.5. The largest absolute Gasteiger partial charge is 0.311 e. The molecule has 0 fully saturated rings. The first-order valence-electron chi connectivity index (χ1n) is 21.5. The van der Waals surface area contributed by atoms with Crippen LogP contribution in [0.3, 0.4) is 0 Å². The zero-order valence-electron chi connectivity index (χ0n) is 34.4. The first kappa shape index (κ1) is 36.8. The third-order valence-electron chi connectivity index (χ3n) is 12.4. The molecule has 3 heteroatoms. The summed E-state index contributed by atoms with van der Waals surface area (Å²) in [5, 5.41) is 5.12. The van der Waals surface area contributed by atoms with Crippen molar-refractivity contribution in [2.75, 3.05) is 4.90 Å². The van der Waals surface area contributed by atoms with Crippen LogP contribution in [0.5, 0.6) is 0 Å². The van der Waals surface area contributed by atoms with Crippen LogP contribution in [0, 0.1) is 0 Å². The van der Waals surface area contributed by atoms with Gasteiger partial charge in [0, 0.05) is 43.3 Å². The van der Waals surface area contributed by atoms with Gasteiger partial charge in [-0.2, -0.15) is 0 Å². The minimum absolute atomic E-state index is 1.10. The van der Waals surface area contributed by atoms with Gasteiger partial charge in [0.15, 0.2) is 0 Å². The van der Waals surface area contributed by atoms with Gasteiger partial charge in [-0.1, -0.05) is 176 Å². The van der Waals surface area contributed by atoms with E-state index in [1.54, 1.807) is 0 Å². The molecule has 0 amide bonds. The van der Waals surface area contributed by atoms with Crippen LogP contribution in [0.1, 0.15) is 0 Å². The SMILES string of the molecule is c1ccc(-c2ccc(N(c3ccc(-c4ccccc4)cc3)c3ccc(-c4ccccc4-c4ccc5c(c4)c4ccccc4n5-c4cccc5c4sc4ccccc45)cc3)cc2)cc1. The quantitative estimate of drug-likeness (QED) is 0.148. The average Bonchev–Trinajstić information content (AvgIpc) is 3.91. The number of nitrogens with zero attached hydrogens (tertiary/aromatic N) is 2. The molecule has 2 aromatic heterocycles. The Morgan fingerprint density at radius 3 is 1.40 bits per heavy atom. The van der Waals surface area contributed by atoms with Gasteiger partial charge in [-0.15, -0.1) is 11.3 Å². The highest BCUT2D eigenvalue weighted by Crippen LogP contribution is 2.43. The maximum absolute atomic E-state index is 2.47. The van der Waals surface area contributed by atoms with E-state index < -0.39 is 0 Å². The topological polar surface area (TPSA) is 8.17 Å². The molecule has 0 aliphatic heterocycles. The highest BCUT2D eigenvalue weighted by molar-refractivity contribution is 7.26. The molecule has 63 heavy (non-hydrogen) atoms. The van der Waals surface area contributed by atoms with Gasteiger partial charge in [-0.3, -0.25) is 0 Å². The lowest BCUT2D eigenvalue weighted by Crippen LogP contribution is -2.09. The highest BCUT2D eigenvalue weighted by atomic mass is 32.1. The number of benzene rings is 10. The number of hydrogen-bond acceptors (Lipinski definition) is 2. The molecule has 10 aromatic carbocycles. The molecule has 0 aliphatic rings. The van der Waals surface area contributed by atoms with E-state index >= 15 is 0 Å². The van der Waals surface area contributed by atoms with Crippen LogP contribution in [0.25, 0.3) is 92.2 Å². The Morgan fingerprint density at radius 2 is 0.762 bits per heavy atom. The molecule has 296 valence electrons. The van der Waals surface area contributed by atoms with Crippen molar-refractivity contribution in [2.45, 2.75) is 0 Å². The Bertz CT molecular complexity index is 3500. The number of anilines is 3. The monoisotopic (exact) mass is 820 g/mol. The number of fused-ring (bicyclic) bond motifs is 6. The van der Waals surface area contributed by atoms with Gasteiger partial charge in [-0.25, -0.2) is 0 Å². The Morgan fingerprint density at radius 1 is 0.302 bits per heavy atom. The van der Waals surface area contributed by atoms with Crippen molar-refractivity contribution in [1.29, 1.82) is 0 Å². The Balaban J connectivity index is 0.932. The van der Waals surface area contributed by atoms with Gasteiger partial charge >= 0.3 is 0 Å². The van der Waals surface area contributed by atoms with Crippen LogP contribution in [-0.4, -0.2) is 4.57 Å². The van der Waals surface area contributed by atoms with Crippen LogP contribution in [0.2, 0.25) is 0 Å². The van der Waals surface area contributed by atoms with Crippen LogP contribution in [0.15, 0.2) is 243 Å². The van der Waals surface area contributed by atoms with E-state index in [1.807, 2.05) is 11.3 Å². The molecule has 0 radical (unpaired) electrons. The summed E-state index contributed by atoms with van der Waals surface area (Å²) in [7, 11) is 0. The van der Waals surface area contributed by atoms with Gasteiger partial charge in [0.05, 0.1) is 21.4 Å². The van der Waals surface area contributed by atoms with Crippen molar-refractivity contribution >= 4 is 70.4 Å². The smallest absolute Gasteiger partial charge is 0.0640 e. The molecule has 0 aliphatic carbocycles. The summed E-state index contributed by atoms with van der Waals surface area (Å²) in [4.78, 5) is 2.35. The number of hydrogen-bond donors (Lipinski definition) is 0. The normalized spacial score (nSPS) is 11.5. The lowest BCUT2D eigenvalue weighted by atomic mass is 9.93. The maximum Gasteiger partial charge on any atom is 0.0640 e. The zero-order chi connectivity index (χ0) is 41.7. The second-order valence-corrected chi connectivity index (χ2v) is 17.1. The molecule has 0 saturated heterocycles. The first-order chi connectivity index (χ1) is 31.2. The van der Waals surface area contributed by atoms with Crippen molar-refractivity contribution in [1.82, 2.24) is 4.57 Å². The molecule has 0 bridgehead atoms. The van der Waals surface area contributed by atoms with Crippen LogP contribution in [0.4, 0.5) is 17.1 Å². The summed E-state index contributed by atoms with van der Waals surface area (Å²) in [5.74, 6) is 0. The fraction of sp³-hybridized carbons (Fsp3) is 0. The summed E-state index contributed by atoms with van der Waals surface area (Å²) in [6, 6.07) is 88.2. The molecule has 2 nitrogen and oxygen atoms in total. The Kier molecular flexibility index (Phi) is 9.06. The molecule has 0 atom stereocenters. The number of rotatable bonds is 8. The molecule has 2 heterocycles. The molecule has 0 unspecified atom stereocenters. The van der Waals surface area contributed by atoms with Crippen molar-refractivity contribution in [3.63, 3.8) is 0 Å². The number of aromatic nitrogens is 1. The van der Waals surface area contributed by atoms with Crippen LogP contribution >= 0.6 is 11.3 Å². The van der Waals surface area contributed by atoms with Crippen molar-refractivity contribution in [3.05, 3.63) is 243 Å². The van der Waals surface area contributed by atoms with Gasteiger partial charge < -0.3 is 9.47 Å². The summed E-state index contributed by atoms with van der Waals surface area (Å²) in [6.07, 6.45) is 0. The lowest BCUT2D eigenvalue weighted by molar-refractivity contribution is 1.20. The average molecular weight is 821 g/mol. The van der Waals surface area contributed by atoms with Gasteiger partial charge in [0.1, 0.15) is 0 Å². The Labute approximate surface area is 370 Å². The van der Waals surface area contributed by atoms with E-state index in [0.717, 1.165) is 17.1 Å². The van der Waals surface area contributed by atoms with Crippen LogP contribution in [-0.2, 0) is 0 Å². The summed E-state index contributed by atoms with van der Waals surface area (Å²) in [6.45, 7) is 0. The van der Waals surface area contributed by atoms with Crippen molar-refractivity contribution in [2.24, 2.45) is 0 Å². The number of para-hydroxylation sites is 1. The second-order valence-electron chi connectivity index (χ2n) is 16.1. The maximum atomic E-state index is 2.47. The standard InChI is InChI=1S/C60H40N2S/c1-3-14-41(15-4-1)43-26-33-47(34-27-43)61(48-35-28-44(29-36-48)42-16-5-2-6-17-42)49-37-30-45(31-38-49)50-18-7-8-19-51(50)46-32-39-57-55(40-46)52-20-9-11-23-56(52)62(57)58-24-13-22-54-53-21-10-12-25-59(53)63-60(54)58/h1-40H. The third-order valence-corrected chi connectivity index (χ3v) is 13.6. The minimum Gasteiger partial charge on any atom is -0.311 e. The van der Waals surface area contributed by atoms with E-state index in [-0.39, 0.29) is 0 Å². The lowest BCUT2D eigenvalue weighted by Gasteiger charge is -2.26. The van der Waals surface area contributed by atoms with Crippen molar-refractivity contribution in [3.8, 4) is 50.2 Å². The first-order valence-corrected chi connectivity index (χ1v) is 22.3. The highest BCUT2D eigenvalue weighted by Gasteiger charge is 2.19. The molecule has 0 N–H and O–H groups in total. The van der Waals surface area contributed by atoms with E-state index in [4.69, 9.17) is 0 Å². The number of thiophene rings is 1. The third kappa shape index (κ3) is 6.50. The summed E-state index contributed by atoms with van der Waals surface area (Å²) < 4.78 is 5.09. The van der Waals surface area contributed by atoms with E-state index in [9.17, 15) is 0 Å². The Hall–Kier alpha value is -7.98.